The molecule has 13 heteroatoms. The summed E-state index contributed by atoms with van der Waals surface area (Å²) >= 11 is 0. The Morgan fingerprint density at radius 3 is 2.39 bits per heavy atom. The molecule has 0 heterocycles. The smallest absolute Gasteiger partial charge is 0.417 e. The van der Waals surface area contributed by atoms with Gasteiger partial charge in [-0.2, -0.15) is 13.2 Å². The SMILES string of the molecule is CN(C)[C@@H]1C(=O)C(C(N)=O)=C(O)[C@@]2(O)C(=O)C3=C(O)c4c(O)cc(CNCCC5CCCCC5)c(C(F)(F)F)c4C[C@H]3C[C@@H]12. The number of nitrogens with two attached hydrogens (primary N) is 1. The molecule has 44 heavy (non-hydrogen) atoms. The third-order valence-electron chi connectivity index (χ3n) is 9.86. The molecule has 2 saturated carbocycles. The molecule has 240 valence electrons. The first-order valence-corrected chi connectivity index (χ1v) is 14.9. The maximum absolute atomic E-state index is 14.7. The van der Waals surface area contributed by atoms with Crippen molar-refractivity contribution in [3.05, 3.63) is 45.2 Å². The van der Waals surface area contributed by atoms with E-state index in [4.69, 9.17) is 5.73 Å². The van der Waals surface area contributed by atoms with Crippen LogP contribution in [-0.2, 0) is 33.5 Å². The largest absolute Gasteiger partial charge is 0.508 e. The number of phenolic OH excluding ortho intramolecular Hbond substituents is 1. The molecule has 0 saturated heterocycles. The second-order valence-corrected chi connectivity index (χ2v) is 12.7. The van der Waals surface area contributed by atoms with E-state index in [1.807, 2.05) is 0 Å². The standard InChI is InChI=1S/C31H38F3N3O7/c1-37(2)24-18-11-15-10-17-21(25(39)20(15)27(41)30(18,44)28(42)22(26(24)40)29(35)43)19(38)12-16(23(17)31(32,33)34)13-36-9-8-14-6-4-3-5-7-14/h12,14-15,18,24,36,38-39,42,44H,3-11,13H2,1-2H3,(H2,35,43)/t15-,18-,24-,30-/m0/s1. The Balaban J connectivity index is 1.57. The Bertz CT molecular complexity index is 1460. The monoisotopic (exact) mass is 621 g/mol. The Morgan fingerprint density at radius 2 is 1.80 bits per heavy atom. The second-order valence-electron chi connectivity index (χ2n) is 12.7. The molecule has 0 aromatic heterocycles. The van der Waals surface area contributed by atoms with Gasteiger partial charge in [-0.3, -0.25) is 19.3 Å². The lowest BCUT2D eigenvalue weighted by Crippen LogP contribution is -2.65. The minimum atomic E-state index is -4.88. The highest BCUT2D eigenvalue weighted by Gasteiger charge is 2.64. The zero-order valence-electron chi connectivity index (χ0n) is 24.6. The van der Waals surface area contributed by atoms with Crippen LogP contribution >= 0.6 is 0 Å². The molecule has 2 fully saturated rings. The zero-order chi connectivity index (χ0) is 32.3. The molecule has 4 atom stereocenters. The number of likely N-dealkylation sites (N-methyl/N-ethyl adjacent to an activating group) is 1. The number of aliphatic hydroxyl groups excluding tert-OH is 2. The number of nitrogens with one attached hydrogen (secondary N) is 1. The number of aliphatic hydroxyl groups is 3. The number of nitrogens with zero attached hydrogens (tertiary/aromatic N) is 1. The molecule has 1 aromatic carbocycles. The summed E-state index contributed by atoms with van der Waals surface area (Å²) < 4.78 is 44.0. The Morgan fingerprint density at radius 1 is 1.14 bits per heavy atom. The number of Topliss-reactive ketones (excluding diaryl/α,β-unsaturated/α-hetero) is 2. The Labute approximate surface area is 252 Å². The van der Waals surface area contributed by atoms with Gasteiger partial charge in [-0.15, -0.1) is 0 Å². The summed E-state index contributed by atoms with van der Waals surface area (Å²) in [6, 6.07) is -0.413. The maximum Gasteiger partial charge on any atom is 0.417 e. The van der Waals surface area contributed by atoms with Crippen LogP contribution in [0.4, 0.5) is 13.2 Å². The van der Waals surface area contributed by atoms with Crippen LogP contribution in [0.2, 0.25) is 0 Å². The van der Waals surface area contributed by atoms with E-state index in [1.54, 1.807) is 0 Å². The van der Waals surface area contributed by atoms with Gasteiger partial charge in [0.2, 0.25) is 5.78 Å². The highest BCUT2D eigenvalue weighted by molar-refractivity contribution is 6.24. The van der Waals surface area contributed by atoms with Gasteiger partial charge in [-0.1, -0.05) is 32.1 Å². The maximum atomic E-state index is 14.7. The fourth-order valence-corrected chi connectivity index (χ4v) is 7.88. The molecule has 4 aliphatic rings. The summed E-state index contributed by atoms with van der Waals surface area (Å²) in [7, 11) is 2.89. The number of carbonyl (C=O) groups is 3. The molecule has 5 rings (SSSR count). The van der Waals surface area contributed by atoms with E-state index in [9.17, 15) is 48.0 Å². The van der Waals surface area contributed by atoms with Crippen LogP contribution < -0.4 is 11.1 Å². The van der Waals surface area contributed by atoms with E-state index in [0.29, 0.717) is 12.5 Å². The molecular formula is C31H38F3N3O7. The number of hydrogen-bond donors (Lipinski definition) is 6. The van der Waals surface area contributed by atoms with E-state index in [1.165, 1.54) is 25.4 Å². The lowest BCUT2D eigenvalue weighted by molar-refractivity contribution is -0.153. The van der Waals surface area contributed by atoms with E-state index < -0.39 is 98.7 Å². The average Bonchev–Trinajstić information content (AvgIpc) is 2.92. The molecule has 0 spiro atoms. The Kier molecular flexibility index (Phi) is 8.36. The third-order valence-corrected chi connectivity index (χ3v) is 9.86. The molecule has 10 nitrogen and oxygen atoms in total. The molecule has 4 aliphatic carbocycles. The summed E-state index contributed by atoms with van der Waals surface area (Å²) in [4.78, 5) is 40.5. The average molecular weight is 622 g/mol. The molecule has 0 unspecified atom stereocenters. The fourth-order valence-electron chi connectivity index (χ4n) is 7.88. The number of fused-ring (bicyclic) bond motifs is 3. The first-order valence-electron chi connectivity index (χ1n) is 14.9. The van der Waals surface area contributed by atoms with Crippen molar-refractivity contribution >= 4 is 23.2 Å². The number of phenols is 1. The van der Waals surface area contributed by atoms with E-state index in [-0.39, 0.29) is 18.5 Å². The number of ketones is 2. The van der Waals surface area contributed by atoms with Crippen LogP contribution in [-0.4, -0.2) is 75.1 Å². The first-order chi connectivity index (χ1) is 20.6. The highest BCUT2D eigenvalue weighted by atomic mass is 19.4. The summed E-state index contributed by atoms with van der Waals surface area (Å²) in [5, 5.41) is 47.8. The van der Waals surface area contributed by atoms with Crippen molar-refractivity contribution in [2.75, 3.05) is 20.6 Å². The van der Waals surface area contributed by atoms with Crippen LogP contribution in [0.25, 0.3) is 5.76 Å². The zero-order valence-corrected chi connectivity index (χ0v) is 24.6. The number of aromatic hydroxyl groups is 1. The van der Waals surface area contributed by atoms with Gasteiger partial charge < -0.3 is 31.5 Å². The summed E-state index contributed by atoms with van der Waals surface area (Å²) in [6.45, 7) is 0.314. The highest BCUT2D eigenvalue weighted by Crippen LogP contribution is 2.54. The molecule has 1 aromatic rings. The molecular weight excluding hydrogens is 583 g/mol. The van der Waals surface area contributed by atoms with Crippen molar-refractivity contribution in [3.8, 4) is 5.75 Å². The first kappa shape index (κ1) is 32.0. The van der Waals surface area contributed by atoms with Crippen molar-refractivity contribution in [1.82, 2.24) is 10.2 Å². The van der Waals surface area contributed by atoms with Gasteiger partial charge in [0.15, 0.2) is 11.4 Å². The normalized spacial score (nSPS) is 27.8. The minimum Gasteiger partial charge on any atom is -0.508 e. The van der Waals surface area contributed by atoms with Crippen LogP contribution in [0.15, 0.2) is 23.0 Å². The topological polar surface area (TPSA) is 173 Å². The van der Waals surface area contributed by atoms with Crippen LogP contribution in [0, 0.1) is 17.8 Å². The van der Waals surface area contributed by atoms with Gasteiger partial charge in [-0.25, -0.2) is 0 Å². The lowest BCUT2D eigenvalue weighted by atomic mass is 9.57. The van der Waals surface area contributed by atoms with Gasteiger partial charge in [0.05, 0.1) is 17.2 Å². The van der Waals surface area contributed by atoms with Gasteiger partial charge in [0.1, 0.15) is 22.8 Å². The number of primary amides is 1. The number of benzene rings is 1. The lowest BCUT2D eigenvalue weighted by Gasteiger charge is -2.50. The van der Waals surface area contributed by atoms with Gasteiger partial charge in [-0.05, 0) is 68.9 Å². The summed E-state index contributed by atoms with van der Waals surface area (Å²) in [5.41, 5.74) is -1.24. The molecule has 0 bridgehead atoms. The number of alkyl halides is 3. The third kappa shape index (κ3) is 5.08. The predicted molar refractivity (Wildman–Crippen MR) is 152 cm³/mol. The molecule has 1 amide bonds. The second kappa shape index (κ2) is 11.5. The molecule has 0 radical (unpaired) electrons. The number of halogens is 3. The van der Waals surface area contributed by atoms with Crippen LogP contribution in [0.5, 0.6) is 5.75 Å². The van der Waals surface area contributed by atoms with E-state index >= 15 is 0 Å². The fraction of sp³-hybridized carbons (Fsp3) is 0.581. The summed E-state index contributed by atoms with van der Waals surface area (Å²) in [5.74, 6) is -8.45. The van der Waals surface area contributed by atoms with E-state index in [2.05, 4.69) is 5.32 Å². The van der Waals surface area contributed by atoms with Gasteiger partial charge in [0.25, 0.3) is 5.91 Å². The van der Waals surface area contributed by atoms with Crippen molar-refractivity contribution in [1.29, 1.82) is 0 Å². The number of hydrogen-bond acceptors (Lipinski definition) is 9. The molecule has 7 N–H and O–H groups in total. The van der Waals surface area contributed by atoms with Crippen molar-refractivity contribution in [3.63, 3.8) is 0 Å². The van der Waals surface area contributed by atoms with Crippen LogP contribution in [0.3, 0.4) is 0 Å². The van der Waals surface area contributed by atoms with Crippen LogP contribution in [0.1, 0.15) is 67.2 Å². The van der Waals surface area contributed by atoms with Crippen molar-refractivity contribution in [2.45, 2.75) is 75.7 Å². The molecule has 0 aliphatic heterocycles. The van der Waals surface area contributed by atoms with E-state index in [0.717, 1.165) is 38.2 Å². The Hall–Kier alpha value is -3.42. The minimum absolute atomic E-state index is 0.183. The quantitative estimate of drug-likeness (QED) is 0.198. The number of rotatable bonds is 7. The number of amides is 1. The number of carbonyl (C=O) groups excluding carboxylic acids is 3. The van der Waals surface area contributed by atoms with Crippen molar-refractivity contribution < 1.29 is 48.0 Å². The van der Waals surface area contributed by atoms with Gasteiger partial charge >= 0.3 is 6.18 Å². The predicted octanol–water partition coefficient (Wildman–Crippen LogP) is 3.04. The van der Waals surface area contributed by atoms with Crippen molar-refractivity contribution in [2.24, 2.45) is 23.5 Å². The summed E-state index contributed by atoms with van der Waals surface area (Å²) in [6.07, 6.45) is 0.891. The van der Waals surface area contributed by atoms with Gasteiger partial charge in [0, 0.05) is 18.0 Å².